The Labute approximate surface area is 159 Å². The summed E-state index contributed by atoms with van der Waals surface area (Å²) in [5.74, 6) is 4.94. The lowest BCUT2D eigenvalue weighted by Gasteiger charge is -2.26. The lowest BCUT2D eigenvalue weighted by atomic mass is 10.0. The Kier molecular flexibility index (Phi) is 6.06. The van der Waals surface area contributed by atoms with Gasteiger partial charge in [-0.2, -0.15) is 0 Å². The molecule has 0 bridgehead atoms. The van der Waals surface area contributed by atoms with Crippen LogP contribution in [0.4, 0.5) is 0 Å². The monoisotopic (exact) mass is 365 g/mol. The fraction of sp³-hybridized carbons (Fsp3) is 0.286. The van der Waals surface area contributed by atoms with Crippen LogP contribution in [0.3, 0.4) is 0 Å². The zero-order valence-corrected chi connectivity index (χ0v) is 15.3. The van der Waals surface area contributed by atoms with Crippen LogP contribution in [0.25, 0.3) is 0 Å². The van der Waals surface area contributed by atoms with E-state index in [4.69, 9.17) is 26.4 Å². The van der Waals surface area contributed by atoms with Crippen molar-refractivity contribution in [2.24, 2.45) is 10.7 Å². The van der Waals surface area contributed by atoms with Crippen LogP contribution in [-0.2, 0) is 6.54 Å². The molecule has 0 radical (unpaired) electrons. The predicted molar refractivity (Wildman–Crippen MR) is 105 cm³/mol. The summed E-state index contributed by atoms with van der Waals surface area (Å²) in [4.78, 5) is 4.44. The quantitative estimate of drug-likeness (QED) is 0.467. The second kappa shape index (κ2) is 8.86. The van der Waals surface area contributed by atoms with Gasteiger partial charge in [-0.3, -0.25) is 0 Å². The molecule has 1 heterocycles. The average Bonchev–Trinajstić information content (AvgIpc) is 2.71. The van der Waals surface area contributed by atoms with Crippen molar-refractivity contribution < 1.29 is 14.2 Å². The van der Waals surface area contributed by atoms with Gasteiger partial charge in [-0.15, -0.1) is 6.42 Å². The smallest absolute Gasteiger partial charge is 0.189 e. The lowest BCUT2D eigenvalue weighted by Crippen LogP contribution is -2.37. The van der Waals surface area contributed by atoms with Gasteiger partial charge in [0.05, 0.1) is 26.3 Å². The maximum absolute atomic E-state index is 6.10. The lowest BCUT2D eigenvalue weighted by molar-refractivity contribution is 0.262. The molecule has 3 rings (SSSR count). The van der Waals surface area contributed by atoms with E-state index in [0.717, 1.165) is 23.3 Å². The molecule has 1 unspecified atom stereocenters. The van der Waals surface area contributed by atoms with Gasteiger partial charge in [0, 0.05) is 12.0 Å². The molecule has 27 heavy (non-hydrogen) atoms. The van der Waals surface area contributed by atoms with E-state index in [2.05, 4.69) is 16.2 Å². The number of ether oxygens (including phenoxy) is 3. The number of guanidine groups is 1. The zero-order valence-electron chi connectivity index (χ0n) is 15.3. The Bertz CT molecular complexity index is 858. The highest BCUT2D eigenvalue weighted by molar-refractivity contribution is 5.78. The molecule has 0 spiro atoms. The number of hydrogen-bond acceptors (Lipinski definition) is 4. The molecule has 0 amide bonds. The van der Waals surface area contributed by atoms with Crippen LogP contribution in [0.15, 0.2) is 47.5 Å². The van der Waals surface area contributed by atoms with E-state index in [-0.39, 0.29) is 12.6 Å². The van der Waals surface area contributed by atoms with Gasteiger partial charge in [-0.1, -0.05) is 30.2 Å². The molecule has 0 saturated carbocycles. The molecule has 6 heteroatoms. The highest BCUT2D eigenvalue weighted by atomic mass is 16.5. The van der Waals surface area contributed by atoms with E-state index < -0.39 is 0 Å². The first kappa shape index (κ1) is 18.5. The molecule has 1 aliphatic heterocycles. The molecule has 1 atom stereocenters. The summed E-state index contributed by atoms with van der Waals surface area (Å²) in [5.41, 5.74) is 8.14. The van der Waals surface area contributed by atoms with Gasteiger partial charge in [0.15, 0.2) is 17.5 Å². The van der Waals surface area contributed by atoms with Crippen molar-refractivity contribution in [2.75, 3.05) is 20.3 Å². The molecule has 0 fully saturated rings. The number of benzene rings is 2. The Morgan fingerprint density at radius 2 is 2.19 bits per heavy atom. The van der Waals surface area contributed by atoms with Gasteiger partial charge in [-0.05, 0) is 23.8 Å². The van der Waals surface area contributed by atoms with E-state index in [9.17, 15) is 0 Å². The molecule has 6 nitrogen and oxygen atoms in total. The molecule has 3 N–H and O–H groups in total. The average molecular weight is 365 g/mol. The third kappa shape index (κ3) is 4.64. The minimum Gasteiger partial charge on any atom is -0.493 e. The van der Waals surface area contributed by atoms with Crippen molar-refractivity contribution in [1.29, 1.82) is 0 Å². The standard InChI is InChI=1S/C21H23N3O3/c1-3-11-26-20-13-15(8-9-19(20)25-2)14-23-21(22)24-17-10-12-27-18-7-5-4-6-16(17)18/h1,4-9,13,17H,10-12,14H2,2H3,(H3,22,23,24). The van der Waals surface area contributed by atoms with Crippen LogP contribution in [0.2, 0.25) is 0 Å². The molecule has 140 valence electrons. The van der Waals surface area contributed by atoms with E-state index in [1.165, 1.54) is 0 Å². The molecular formula is C21H23N3O3. The Balaban J connectivity index is 1.67. The Morgan fingerprint density at radius 1 is 1.33 bits per heavy atom. The molecule has 2 aromatic carbocycles. The first-order valence-corrected chi connectivity index (χ1v) is 8.72. The van der Waals surface area contributed by atoms with E-state index in [1.54, 1.807) is 7.11 Å². The van der Waals surface area contributed by atoms with Crippen molar-refractivity contribution in [3.63, 3.8) is 0 Å². The van der Waals surface area contributed by atoms with Gasteiger partial charge >= 0.3 is 0 Å². The van der Waals surface area contributed by atoms with Crippen LogP contribution in [0, 0.1) is 12.3 Å². The van der Waals surface area contributed by atoms with Crippen molar-refractivity contribution in [3.05, 3.63) is 53.6 Å². The molecular weight excluding hydrogens is 342 g/mol. The van der Waals surface area contributed by atoms with Crippen molar-refractivity contribution >= 4 is 5.96 Å². The summed E-state index contributed by atoms with van der Waals surface area (Å²) in [7, 11) is 1.59. The first-order chi connectivity index (χ1) is 13.2. The second-order valence-electron chi connectivity index (χ2n) is 6.05. The third-order valence-corrected chi connectivity index (χ3v) is 4.25. The summed E-state index contributed by atoms with van der Waals surface area (Å²) in [6.07, 6.45) is 6.09. The minimum absolute atomic E-state index is 0.0871. The molecule has 2 aromatic rings. The summed E-state index contributed by atoms with van der Waals surface area (Å²) in [6.45, 7) is 1.24. The van der Waals surface area contributed by atoms with Crippen LogP contribution in [0.1, 0.15) is 23.6 Å². The second-order valence-corrected chi connectivity index (χ2v) is 6.05. The number of nitrogens with one attached hydrogen (secondary N) is 1. The highest BCUT2D eigenvalue weighted by Crippen LogP contribution is 2.31. The number of terminal acetylenes is 1. The fourth-order valence-corrected chi connectivity index (χ4v) is 2.94. The number of aliphatic imine (C=N–C) groups is 1. The molecule has 0 aromatic heterocycles. The predicted octanol–water partition coefficient (Wildman–Crippen LogP) is 2.64. The van der Waals surface area contributed by atoms with Gasteiger partial charge < -0.3 is 25.3 Å². The topological polar surface area (TPSA) is 78.1 Å². The van der Waals surface area contributed by atoms with Gasteiger partial charge in [0.1, 0.15) is 12.4 Å². The summed E-state index contributed by atoms with van der Waals surface area (Å²) in [6, 6.07) is 13.6. The largest absolute Gasteiger partial charge is 0.493 e. The van der Waals surface area contributed by atoms with E-state index >= 15 is 0 Å². The van der Waals surface area contributed by atoms with Gasteiger partial charge in [0.2, 0.25) is 0 Å². The van der Waals surface area contributed by atoms with Gasteiger partial charge in [-0.25, -0.2) is 4.99 Å². The van der Waals surface area contributed by atoms with Crippen LogP contribution < -0.4 is 25.3 Å². The zero-order chi connectivity index (χ0) is 19.1. The number of methoxy groups -OCH3 is 1. The first-order valence-electron chi connectivity index (χ1n) is 8.72. The summed E-state index contributed by atoms with van der Waals surface area (Å²) >= 11 is 0. The number of nitrogens with zero attached hydrogens (tertiary/aromatic N) is 1. The highest BCUT2D eigenvalue weighted by Gasteiger charge is 2.21. The number of nitrogens with two attached hydrogens (primary N) is 1. The Hall–Kier alpha value is -3.33. The van der Waals surface area contributed by atoms with Crippen LogP contribution >= 0.6 is 0 Å². The van der Waals surface area contributed by atoms with E-state index in [1.807, 2.05) is 42.5 Å². The van der Waals surface area contributed by atoms with Crippen molar-refractivity contribution in [3.8, 4) is 29.6 Å². The minimum atomic E-state index is 0.0871. The summed E-state index contributed by atoms with van der Waals surface area (Å²) < 4.78 is 16.5. The maximum Gasteiger partial charge on any atom is 0.189 e. The van der Waals surface area contributed by atoms with Crippen molar-refractivity contribution in [1.82, 2.24) is 5.32 Å². The number of hydrogen-bond donors (Lipinski definition) is 2. The SMILES string of the molecule is C#CCOc1cc(CN=C(N)NC2CCOc3ccccc32)ccc1OC. The summed E-state index contributed by atoms with van der Waals surface area (Å²) in [5, 5.41) is 3.28. The molecule has 0 aliphatic carbocycles. The third-order valence-electron chi connectivity index (χ3n) is 4.25. The fourth-order valence-electron chi connectivity index (χ4n) is 2.94. The van der Waals surface area contributed by atoms with Crippen LogP contribution in [0.5, 0.6) is 17.2 Å². The number of rotatable bonds is 6. The normalized spacial score (nSPS) is 15.9. The molecule has 1 aliphatic rings. The van der Waals surface area contributed by atoms with E-state index in [0.29, 0.717) is 30.6 Å². The number of para-hydroxylation sites is 1. The molecule has 0 saturated heterocycles. The maximum atomic E-state index is 6.10. The van der Waals surface area contributed by atoms with Crippen LogP contribution in [-0.4, -0.2) is 26.3 Å². The Morgan fingerprint density at radius 3 is 3.00 bits per heavy atom. The van der Waals surface area contributed by atoms with Crippen molar-refractivity contribution in [2.45, 2.75) is 19.0 Å². The number of fused-ring (bicyclic) bond motifs is 1. The van der Waals surface area contributed by atoms with Gasteiger partial charge in [0.25, 0.3) is 0 Å².